The van der Waals surface area contributed by atoms with Crippen LogP contribution in [0.1, 0.15) is 50.7 Å². The summed E-state index contributed by atoms with van der Waals surface area (Å²) in [4.78, 5) is 11.9. The van der Waals surface area contributed by atoms with Crippen molar-refractivity contribution in [2.45, 2.75) is 57.0 Å². The van der Waals surface area contributed by atoms with Crippen LogP contribution in [0.5, 0.6) is 0 Å². The third-order valence-electron chi connectivity index (χ3n) is 4.16. The fraction of sp³-hybridized carbons (Fsp3) is 0.562. The summed E-state index contributed by atoms with van der Waals surface area (Å²) in [5.41, 5.74) is 0.439. The molecule has 1 aliphatic carbocycles. The van der Waals surface area contributed by atoms with Gasteiger partial charge in [-0.05, 0) is 57.1 Å². The van der Waals surface area contributed by atoms with Crippen molar-refractivity contribution >= 4 is 5.97 Å². The third-order valence-corrected chi connectivity index (χ3v) is 4.16. The van der Waals surface area contributed by atoms with Crippen LogP contribution in [-0.4, -0.2) is 21.8 Å². The Balaban J connectivity index is 2.38. The van der Waals surface area contributed by atoms with Gasteiger partial charge in [-0.25, -0.2) is 0 Å². The maximum absolute atomic E-state index is 11.9. The van der Waals surface area contributed by atoms with Gasteiger partial charge in [-0.3, -0.25) is 4.79 Å². The van der Waals surface area contributed by atoms with Gasteiger partial charge in [0.05, 0.1) is 11.0 Å². The molecule has 0 radical (unpaired) electrons. The molecule has 104 valence electrons. The number of carbonyl (C=O) groups is 1. The van der Waals surface area contributed by atoms with Crippen molar-refractivity contribution in [2.24, 2.45) is 0 Å². The summed E-state index contributed by atoms with van der Waals surface area (Å²) in [5.74, 6) is -0.760. The van der Waals surface area contributed by atoms with E-state index in [-0.39, 0.29) is 0 Å². The van der Waals surface area contributed by atoms with Crippen molar-refractivity contribution in [1.82, 2.24) is 0 Å². The maximum Gasteiger partial charge on any atom is 0.314 e. The summed E-state index contributed by atoms with van der Waals surface area (Å²) >= 11 is 0. The van der Waals surface area contributed by atoms with E-state index in [1.54, 1.807) is 13.8 Å². The molecule has 2 rings (SSSR count). The van der Waals surface area contributed by atoms with Crippen LogP contribution in [0, 0.1) is 0 Å². The topological polar surface area (TPSA) is 57.5 Å². The smallest absolute Gasteiger partial charge is 0.314 e. The highest BCUT2D eigenvalue weighted by atomic mass is 16.4. The molecule has 0 aromatic heterocycles. The molecule has 0 fully saturated rings. The van der Waals surface area contributed by atoms with E-state index < -0.39 is 17.0 Å². The lowest BCUT2D eigenvalue weighted by Gasteiger charge is -2.37. The molecule has 0 amide bonds. The van der Waals surface area contributed by atoms with E-state index in [0.717, 1.165) is 24.0 Å². The Morgan fingerprint density at radius 1 is 1.37 bits per heavy atom. The zero-order valence-corrected chi connectivity index (χ0v) is 11.6. The highest BCUT2D eigenvalue weighted by Crippen LogP contribution is 2.42. The highest BCUT2D eigenvalue weighted by Gasteiger charge is 2.43. The lowest BCUT2D eigenvalue weighted by atomic mass is 9.66. The monoisotopic (exact) mass is 262 g/mol. The average Bonchev–Trinajstić information content (AvgIpc) is 2.35. The molecule has 0 spiro atoms. The molecule has 0 aliphatic heterocycles. The van der Waals surface area contributed by atoms with E-state index in [9.17, 15) is 15.0 Å². The Morgan fingerprint density at radius 2 is 2.05 bits per heavy atom. The minimum Gasteiger partial charge on any atom is -0.481 e. The number of carboxylic acids is 1. The van der Waals surface area contributed by atoms with Crippen LogP contribution in [0.2, 0.25) is 0 Å². The van der Waals surface area contributed by atoms with Gasteiger partial charge in [-0.15, -0.1) is 0 Å². The predicted octanol–water partition coefficient (Wildman–Crippen LogP) is 2.90. The Hall–Kier alpha value is -1.35. The molecule has 3 heteroatoms. The first kappa shape index (κ1) is 14.1. The van der Waals surface area contributed by atoms with Crippen molar-refractivity contribution in [3.8, 4) is 0 Å². The second-order valence-corrected chi connectivity index (χ2v) is 6.21. The van der Waals surface area contributed by atoms with Crippen molar-refractivity contribution in [3.63, 3.8) is 0 Å². The van der Waals surface area contributed by atoms with Crippen LogP contribution in [-0.2, 0) is 16.6 Å². The minimum atomic E-state index is -0.825. The molecule has 19 heavy (non-hydrogen) atoms. The molecule has 3 nitrogen and oxygen atoms in total. The Bertz CT molecular complexity index is 473. The van der Waals surface area contributed by atoms with Crippen LogP contribution in [0.3, 0.4) is 0 Å². The standard InChI is InChI=1S/C16H22O3/c1-15(2,19)10-11-16(14(17)18)9-5-7-12-6-3-4-8-13(12)16/h3-4,6,8,19H,5,7,9-11H2,1-2H3,(H,17,18). The first-order chi connectivity index (χ1) is 8.85. The zero-order valence-electron chi connectivity index (χ0n) is 11.6. The fourth-order valence-electron chi connectivity index (χ4n) is 3.03. The van der Waals surface area contributed by atoms with Gasteiger partial charge < -0.3 is 10.2 Å². The summed E-state index contributed by atoms with van der Waals surface area (Å²) in [6, 6.07) is 7.84. The summed E-state index contributed by atoms with van der Waals surface area (Å²) in [7, 11) is 0. The lowest BCUT2D eigenvalue weighted by molar-refractivity contribution is -0.145. The number of fused-ring (bicyclic) bond motifs is 1. The number of benzene rings is 1. The van der Waals surface area contributed by atoms with Crippen LogP contribution in [0.15, 0.2) is 24.3 Å². The molecule has 0 saturated heterocycles. The number of hydrogen-bond donors (Lipinski definition) is 2. The van der Waals surface area contributed by atoms with E-state index in [1.807, 2.05) is 24.3 Å². The van der Waals surface area contributed by atoms with Crippen molar-refractivity contribution in [2.75, 3.05) is 0 Å². The van der Waals surface area contributed by atoms with E-state index in [1.165, 1.54) is 0 Å². The number of aliphatic hydroxyl groups is 1. The third kappa shape index (κ3) is 2.81. The van der Waals surface area contributed by atoms with E-state index in [0.29, 0.717) is 19.3 Å². The lowest BCUT2D eigenvalue weighted by Crippen LogP contribution is -2.40. The Morgan fingerprint density at radius 3 is 2.68 bits per heavy atom. The van der Waals surface area contributed by atoms with Crippen LogP contribution >= 0.6 is 0 Å². The summed E-state index contributed by atoms with van der Waals surface area (Å²) < 4.78 is 0. The summed E-state index contributed by atoms with van der Waals surface area (Å²) in [5, 5.41) is 19.7. The number of carboxylic acid groups (broad SMARTS) is 1. The van der Waals surface area contributed by atoms with Gasteiger partial charge in [0.1, 0.15) is 0 Å². The van der Waals surface area contributed by atoms with Gasteiger partial charge in [0.25, 0.3) is 0 Å². The quantitative estimate of drug-likeness (QED) is 0.877. The van der Waals surface area contributed by atoms with Gasteiger partial charge >= 0.3 is 5.97 Å². The number of rotatable bonds is 4. The van der Waals surface area contributed by atoms with Gasteiger partial charge in [0.2, 0.25) is 0 Å². The number of hydrogen-bond acceptors (Lipinski definition) is 2. The summed E-state index contributed by atoms with van der Waals surface area (Å²) in [6.45, 7) is 3.47. The second kappa shape index (κ2) is 4.97. The maximum atomic E-state index is 11.9. The zero-order chi connectivity index (χ0) is 14.1. The van der Waals surface area contributed by atoms with E-state index in [4.69, 9.17) is 0 Å². The van der Waals surface area contributed by atoms with Gasteiger partial charge in [0, 0.05) is 0 Å². The molecule has 2 N–H and O–H groups in total. The molecular weight excluding hydrogens is 240 g/mol. The predicted molar refractivity (Wildman–Crippen MR) is 74.2 cm³/mol. The molecular formula is C16H22O3. The van der Waals surface area contributed by atoms with Gasteiger partial charge in [-0.1, -0.05) is 24.3 Å². The highest BCUT2D eigenvalue weighted by molar-refractivity contribution is 5.82. The van der Waals surface area contributed by atoms with Crippen LogP contribution in [0.4, 0.5) is 0 Å². The molecule has 0 saturated carbocycles. The van der Waals surface area contributed by atoms with Gasteiger partial charge in [0.15, 0.2) is 0 Å². The molecule has 0 bridgehead atoms. The van der Waals surface area contributed by atoms with Crippen molar-refractivity contribution < 1.29 is 15.0 Å². The normalized spacial score (nSPS) is 22.9. The Kier molecular flexibility index (Phi) is 3.68. The van der Waals surface area contributed by atoms with Crippen molar-refractivity contribution in [3.05, 3.63) is 35.4 Å². The van der Waals surface area contributed by atoms with Crippen molar-refractivity contribution in [1.29, 1.82) is 0 Å². The summed E-state index contributed by atoms with van der Waals surface area (Å²) in [6.07, 6.45) is 3.49. The van der Waals surface area contributed by atoms with Gasteiger partial charge in [-0.2, -0.15) is 0 Å². The Labute approximate surface area is 114 Å². The molecule has 1 aliphatic rings. The van der Waals surface area contributed by atoms with E-state index in [2.05, 4.69) is 0 Å². The fourth-order valence-corrected chi connectivity index (χ4v) is 3.03. The van der Waals surface area contributed by atoms with E-state index >= 15 is 0 Å². The minimum absolute atomic E-state index is 0.489. The van der Waals surface area contributed by atoms with Crippen LogP contribution < -0.4 is 0 Å². The number of aliphatic carboxylic acids is 1. The average molecular weight is 262 g/mol. The molecule has 1 atom stereocenters. The number of aryl methyl sites for hydroxylation is 1. The first-order valence-corrected chi connectivity index (χ1v) is 6.89. The molecule has 1 aromatic rings. The molecule has 1 aromatic carbocycles. The second-order valence-electron chi connectivity index (χ2n) is 6.21. The largest absolute Gasteiger partial charge is 0.481 e. The van der Waals surface area contributed by atoms with Crippen LogP contribution in [0.25, 0.3) is 0 Å². The molecule has 0 heterocycles. The SMILES string of the molecule is CC(C)(O)CCC1(C(=O)O)CCCc2ccccc21. The first-order valence-electron chi connectivity index (χ1n) is 6.89. The molecule has 1 unspecified atom stereocenters.